The fraction of sp³-hybridized carbons (Fsp3) is 0.611. The van der Waals surface area contributed by atoms with Crippen LogP contribution in [0.3, 0.4) is 0 Å². The number of carbonyl (C=O) groups excluding carboxylic acids is 1. The average molecular weight is 371 g/mol. The third kappa shape index (κ3) is 4.17. The zero-order valence-electron chi connectivity index (χ0n) is 15.3. The van der Waals surface area contributed by atoms with Gasteiger partial charge in [0.05, 0.1) is 0 Å². The van der Waals surface area contributed by atoms with E-state index in [1.54, 1.807) is 12.4 Å². The molecule has 0 bridgehead atoms. The first kappa shape index (κ1) is 17.7. The molecular formula is C18H25N7O2. The van der Waals surface area contributed by atoms with E-state index in [2.05, 4.69) is 20.5 Å². The highest BCUT2D eigenvalue weighted by molar-refractivity contribution is 5.74. The summed E-state index contributed by atoms with van der Waals surface area (Å²) in [7, 11) is 0. The molecule has 9 nitrogen and oxygen atoms in total. The van der Waals surface area contributed by atoms with Crippen molar-refractivity contribution >= 4 is 6.03 Å². The zero-order valence-corrected chi connectivity index (χ0v) is 15.3. The molecule has 1 aliphatic heterocycles. The molecule has 2 aromatic rings. The smallest absolute Gasteiger partial charge is 0.317 e. The summed E-state index contributed by atoms with van der Waals surface area (Å²) in [6, 6.07) is 3.55. The largest absolute Gasteiger partial charge is 0.335 e. The van der Waals surface area contributed by atoms with E-state index >= 15 is 0 Å². The number of urea groups is 1. The van der Waals surface area contributed by atoms with E-state index in [4.69, 9.17) is 0 Å². The van der Waals surface area contributed by atoms with E-state index in [9.17, 15) is 9.59 Å². The van der Waals surface area contributed by atoms with Gasteiger partial charge in [0, 0.05) is 31.7 Å². The number of amides is 2. The maximum absolute atomic E-state index is 12.4. The third-order valence-corrected chi connectivity index (χ3v) is 5.52. The van der Waals surface area contributed by atoms with Crippen LogP contribution in [0, 0.1) is 5.92 Å². The number of aromatic nitrogens is 5. The second kappa shape index (κ2) is 7.89. The summed E-state index contributed by atoms with van der Waals surface area (Å²) in [6.07, 6.45) is 9.35. The lowest BCUT2D eigenvalue weighted by Gasteiger charge is -2.32. The highest BCUT2D eigenvalue weighted by Gasteiger charge is 2.26. The Morgan fingerprint density at radius 1 is 1.15 bits per heavy atom. The Morgan fingerprint density at radius 2 is 1.93 bits per heavy atom. The molecule has 0 atom stereocenters. The number of carbonyl (C=O) groups is 1. The van der Waals surface area contributed by atoms with Crippen LogP contribution >= 0.6 is 0 Å². The molecule has 1 saturated heterocycles. The minimum Gasteiger partial charge on any atom is -0.335 e. The van der Waals surface area contributed by atoms with E-state index in [1.807, 2.05) is 4.90 Å². The third-order valence-electron chi connectivity index (χ3n) is 5.52. The van der Waals surface area contributed by atoms with Gasteiger partial charge >= 0.3 is 6.03 Å². The molecule has 0 unspecified atom stereocenters. The maximum Gasteiger partial charge on any atom is 0.317 e. The molecule has 9 heteroatoms. The van der Waals surface area contributed by atoms with Crippen molar-refractivity contribution in [3.05, 3.63) is 35.1 Å². The van der Waals surface area contributed by atoms with Gasteiger partial charge in [-0.25, -0.2) is 19.1 Å². The van der Waals surface area contributed by atoms with Crippen LogP contribution in [-0.4, -0.2) is 54.6 Å². The molecule has 27 heavy (non-hydrogen) atoms. The highest BCUT2D eigenvalue weighted by atomic mass is 16.2. The van der Waals surface area contributed by atoms with Crippen LogP contribution in [-0.2, 0) is 6.54 Å². The van der Waals surface area contributed by atoms with Crippen molar-refractivity contribution in [2.75, 3.05) is 13.1 Å². The van der Waals surface area contributed by atoms with Crippen LogP contribution in [0.1, 0.15) is 38.5 Å². The lowest BCUT2D eigenvalue weighted by atomic mass is 9.97. The van der Waals surface area contributed by atoms with Gasteiger partial charge in [0.25, 0.3) is 5.56 Å². The van der Waals surface area contributed by atoms with Crippen molar-refractivity contribution in [1.82, 2.24) is 34.8 Å². The van der Waals surface area contributed by atoms with Gasteiger partial charge in [0.15, 0.2) is 5.82 Å². The van der Waals surface area contributed by atoms with Gasteiger partial charge in [-0.1, -0.05) is 12.8 Å². The minimum atomic E-state index is -0.125. The quantitative estimate of drug-likeness (QED) is 0.870. The first-order valence-corrected chi connectivity index (χ1v) is 9.67. The van der Waals surface area contributed by atoms with Crippen LogP contribution < -0.4 is 10.9 Å². The number of hydrogen-bond acceptors (Lipinski definition) is 5. The van der Waals surface area contributed by atoms with Crippen LogP contribution in [0.4, 0.5) is 4.79 Å². The van der Waals surface area contributed by atoms with E-state index in [-0.39, 0.29) is 11.6 Å². The van der Waals surface area contributed by atoms with Crippen molar-refractivity contribution in [1.29, 1.82) is 0 Å². The van der Waals surface area contributed by atoms with Crippen molar-refractivity contribution < 1.29 is 4.79 Å². The Balaban J connectivity index is 1.33. The summed E-state index contributed by atoms with van der Waals surface area (Å²) in [5.41, 5.74) is -0.125. The summed E-state index contributed by atoms with van der Waals surface area (Å²) in [5, 5.41) is 11.6. The minimum absolute atomic E-state index is 0.0591. The second-order valence-electron chi connectivity index (χ2n) is 7.41. The summed E-state index contributed by atoms with van der Waals surface area (Å²) in [5.74, 6) is 0.900. The SMILES string of the molecule is O=C(NC1CCCC1)N1CCC(Cn2nc(-n3cncn3)ccc2=O)CC1. The number of nitrogens with zero attached hydrogens (tertiary/aromatic N) is 6. The maximum atomic E-state index is 12.4. The lowest BCUT2D eigenvalue weighted by molar-refractivity contribution is 0.160. The predicted octanol–water partition coefficient (Wildman–Crippen LogP) is 1.19. The Bertz CT molecular complexity index is 818. The Hall–Kier alpha value is -2.71. The summed E-state index contributed by atoms with van der Waals surface area (Å²) >= 11 is 0. The van der Waals surface area contributed by atoms with Crippen LogP contribution in [0.25, 0.3) is 5.82 Å². The molecule has 2 fully saturated rings. The van der Waals surface area contributed by atoms with Gasteiger partial charge in [-0.05, 0) is 37.7 Å². The molecule has 3 heterocycles. The molecule has 1 saturated carbocycles. The Kier molecular flexibility index (Phi) is 5.17. The predicted molar refractivity (Wildman–Crippen MR) is 98.5 cm³/mol. The summed E-state index contributed by atoms with van der Waals surface area (Å²) < 4.78 is 3.03. The van der Waals surface area contributed by atoms with Crippen molar-refractivity contribution in [2.45, 2.75) is 51.1 Å². The first-order chi connectivity index (χ1) is 13.2. The fourth-order valence-electron chi connectivity index (χ4n) is 3.92. The molecular weight excluding hydrogens is 346 g/mol. The Morgan fingerprint density at radius 3 is 2.63 bits per heavy atom. The van der Waals surface area contributed by atoms with Gasteiger partial charge in [-0.15, -0.1) is 5.10 Å². The molecule has 0 radical (unpaired) electrons. The van der Waals surface area contributed by atoms with Crippen molar-refractivity contribution in [2.24, 2.45) is 5.92 Å². The second-order valence-corrected chi connectivity index (χ2v) is 7.41. The molecule has 2 amide bonds. The van der Waals surface area contributed by atoms with E-state index in [0.717, 1.165) is 38.8 Å². The molecule has 2 aliphatic rings. The van der Waals surface area contributed by atoms with Gasteiger partial charge in [0.1, 0.15) is 12.7 Å². The zero-order chi connectivity index (χ0) is 18.6. The van der Waals surface area contributed by atoms with Crippen LogP contribution in [0.15, 0.2) is 29.6 Å². The van der Waals surface area contributed by atoms with Crippen LogP contribution in [0.2, 0.25) is 0 Å². The Labute approximate surface area is 157 Å². The topological polar surface area (TPSA) is 97.9 Å². The van der Waals surface area contributed by atoms with E-state index in [0.29, 0.717) is 24.3 Å². The number of nitrogens with one attached hydrogen (secondary N) is 1. The molecule has 1 aliphatic carbocycles. The highest BCUT2D eigenvalue weighted by Crippen LogP contribution is 2.21. The molecule has 1 N–H and O–H groups in total. The lowest BCUT2D eigenvalue weighted by Crippen LogP contribution is -2.47. The first-order valence-electron chi connectivity index (χ1n) is 9.67. The number of likely N-dealkylation sites (tertiary alicyclic amines) is 1. The van der Waals surface area contributed by atoms with Gasteiger partial charge in [0.2, 0.25) is 0 Å². The van der Waals surface area contributed by atoms with Gasteiger partial charge in [-0.3, -0.25) is 4.79 Å². The molecule has 144 valence electrons. The number of piperidine rings is 1. The normalized spacial score (nSPS) is 18.7. The monoisotopic (exact) mass is 371 g/mol. The van der Waals surface area contributed by atoms with Crippen LogP contribution in [0.5, 0.6) is 0 Å². The van der Waals surface area contributed by atoms with Gasteiger partial charge < -0.3 is 10.2 Å². The summed E-state index contributed by atoms with van der Waals surface area (Å²) in [4.78, 5) is 30.4. The molecule has 0 spiro atoms. The number of rotatable bonds is 4. The van der Waals surface area contributed by atoms with E-state index < -0.39 is 0 Å². The van der Waals surface area contributed by atoms with E-state index in [1.165, 1.54) is 34.6 Å². The standard InChI is InChI=1S/C18H25N7O2/c26-17-6-5-16(25-13-19-12-20-25)22-24(17)11-14-7-9-23(10-8-14)18(27)21-15-3-1-2-4-15/h5-6,12-15H,1-4,7-11H2,(H,21,27). The molecule has 2 aromatic heterocycles. The fourth-order valence-corrected chi connectivity index (χ4v) is 3.92. The van der Waals surface area contributed by atoms with Gasteiger partial charge in [-0.2, -0.15) is 5.10 Å². The molecule has 4 rings (SSSR count). The van der Waals surface area contributed by atoms with Crippen molar-refractivity contribution in [3.63, 3.8) is 0 Å². The van der Waals surface area contributed by atoms with Crippen molar-refractivity contribution in [3.8, 4) is 5.82 Å². The number of hydrogen-bond donors (Lipinski definition) is 1. The summed E-state index contributed by atoms with van der Waals surface area (Å²) in [6.45, 7) is 2.00. The average Bonchev–Trinajstić information content (AvgIpc) is 3.38. The molecule has 0 aromatic carbocycles.